The number of nitrogens with zero attached hydrogens (tertiary/aromatic N) is 1. The van der Waals surface area contributed by atoms with Crippen molar-refractivity contribution in [3.63, 3.8) is 0 Å². The summed E-state index contributed by atoms with van der Waals surface area (Å²) in [6, 6.07) is 14.5. The Bertz CT molecular complexity index is 817. The summed E-state index contributed by atoms with van der Waals surface area (Å²) in [7, 11) is -3.64. The van der Waals surface area contributed by atoms with Crippen LogP contribution in [0.15, 0.2) is 58.5 Å². The molecule has 0 fully saturated rings. The van der Waals surface area contributed by atoms with E-state index in [0.717, 1.165) is 23.1 Å². The van der Waals surface area contributed by atoms with E-state index in [1.165, 1.54) is 0 Å². The molecule has 0 unspecified atom stereocenters. The molecule has 0 aromatic heterocycles. The van der Waals surface area contributed by atoms with Gasteiger partial charge in [0.05, 0.1) is 11.1 Å². The van der Waals surface area contributed by atoms with Gasteiger partial charge >= 0.3 is 0 Å². The molecular weight excluding hydrogens is 320 g/mol. The van der Waals surface area contributed by atoms with Crippen LogP contribution in [-0.2, 0) is 16.4 Å². The van der Waals surface area contributed by atoms with Crippen LogP contribution in [-0.4, -0.2) is 14.6 Å². The zero-order chi connectivity index (χ0) is 17.8. The molecule has 0 saturated heterocycles. The third-order valence-corrected chi connectivity index (χ3v) is 4.72. The number of benzene rings is 2. The number of hydrogen-bond donors (Lipinski definition) is 1. The average Bonchev–Trinajstić information content (AvgIpc) is 2.48. The largest absolute Gasteiger partial charge is 0.276 e. The van der Waals surface area contributed by atoms with Crippen LogP contribution in [0.4, 0.5) is 0 Å². The fraction of sp³-hybridized carbons (Fsp3) is 0.316. The lowest BCUT2D eigenvalue weighted by molar-refractivity contribution is 0.411. The van der Waals surface area contributed by atoms with E-state index >= 15 is 0 Å². The molecule has 0 heterocycles. The first kappa shape index (κ1) is 18.2. The van der Waals surface area contributed by atoms with Crippen molar-refractivity contribution in [3.05, 3.63) is 65.2 Å². The van der Waals surface area contributed by atoms with Gasteiger partial charge in [-0.1, -0.05) is 62.7 Å². The molecule has 0 aliphatic rings. The second kappa shape index (κ2) is 7.18. The lowest BCUT2D eigenvalue weighted by Crippen LogP contribution is -2.18. The van der Waals surface area contributed by atoms with Gasteiger partial charge in [-0.25, -0.2) is 4.83 Å². The Morgan fingerprint density at radius 3 is 2.29 bits per heavy atom. The normalized spacial score (nSPS) is 12.5. The van der Waals surface area contributed by atoms with E-state index in [2.05, 4.69) is 30.7 Å². The Morgan fingerprint density at radius 1 is 1.04 bits per heavy atom. The second-order valence-corrected chi connectivity index (χ2v) is 8.76. The van der Waals surface area contributed by atoms with E-state index in [1.54, 1.807) is 30.5 Å². The fourth-order valence-corrected chi connectivity index (χ4v) is 3.12. The minimum absolute atomic E-state index is 0.144. The van der Waals surface area contributed by atoms with Crippen molar-refractivity contribution in [2.24, 2.45) is 10.5 Å². The number of nitrogens with one attached hydrogen (secondary N) is 1. The third kappa shape index (κ3) is 5.20. The quantitative estimate of drug-likeness (QED) is 0.661. The molecule has 0 aliphatic carbocycles. The van der Waals surface area contributed by atoms with Gasteiger partial charge in [0.15, 0.2) is 0 Å². The predicted octanol–water partition coefficient (Wildman–Crippen LogP) is 3.90. The Kier molecular flexibility index (Phi) is 5.44. The molecule has 0 aliphatic heterocycles. The molecule has 2 aromatic rings. The van der Waals surface area contributed by atoms with Gasteiger partial charge < -0.3 is 0 Å². The third-order valence-electron chi connectivity index (χ3n) is 3.48. The van der Waals surface area contributed by atoms with Gasteiger partial charge in [-0.15, -0.1) is 0 Å². The summed E-state index contributed by atoms with van der Waals surface area (Å²) in [5.41, 5.74) is 3.21. The summed E-state index contributed by atoms with van der Waals surface area (Å²) in [5, 5.41) is 3.94. The highest BCUT2D eigenvalue weighted by atomic mass is 32.2. The van der Waals surface area contributed by atoms with Crippen LogP contribution in [0.25, 0.3) is 0 Å². The zero-order valence-electron chi connectivity index (χ0n) is 14.6. The molecule has 2 rings (SSSR count). The first-order valence-electron chi connectivity index (χ1n) is 7.87. The maximum atomic E-state index is 12.2. The highest BCUT2D eigenvalue weighted by Crippen LogP contribution is 2.22. The van der Waals surface area contributed by atoms with Gasteiger partial charge in [-0.3, -0.25) is 0 Å². The van der Waals surface area contributed by atoms with Crippen LogP contribution in [0.3, 0.4) is 0 Å². The highest BCUT2D eigenvalue weighted by Gasteiger charge is 2.14. The van der Waals surface area contributed by atoms with Crippen molar-refractivity contribution in [2.75, 3.05) is 0 Å². The van der Waals surface area contributed by atoms with Gasteiger partial charge in [0.25, 0.3) is 10.0 Å². The topological polar surface area (TPSA) is 58.5 Å². The fourth-order valence-electron chi connectivity index (χ4n) is 2.33. The van der Waals surface area contributed by atoms with Gasteiger partial charge in [0, 0.05) is 0 Å². The number of rotatable bonds is 5. The molecule has 1 N–H and O–H groups in total. The number of sulfonamides is 1. The molecular formula is C19H24N2O2S. The Hall–Kier alpha value is -2.14. The van der Waals surface area contributed by atoms with Crippen molar-refractivity contribution in [1.29, 1.82) is 0 Å². The Morgan fingerprint density at radius 2 is 1.67 bits per heavy atom. The molecule has 24 heavy (non-hydrogen) atoms. The van der Waals surface area contributed by atoms with E-state index in [4.69, 9.17) is 0 Å². The summed E-state index contributed by atoms with van der Waals surface area (Å²) < 4.78 is 24.4. The summed E-state index contributed by atoms with van der Waals surface area (Å²) in [6.07, 6.45) is 2.45. The first-order valence-corrected chi connectivity index (χ1v) is 9.35. The average molecular weight is 344 g/mol. The number of hydrogen-bond acceptors (Lipinski definition) is 3. The monoisotopic (exact) mass is 344 g/mol. The summed E-state index contributed by atoms with van der Waals surface area (Å²) in [5.74, 6) is 0. The van der Waals surface area contributed by atoms with Gasteiger partial charge in [-0.2, -0.15) is 13.5 Å². The molecule has 128 valence electrons. The van der Waals surface area contributed by atoms with Crippen LogP contribution in [0.1, 0.15) is 37.5 Å². The van der Waals surface area contributed by atoms with Crippen LogP contribution >= 0.6 is 0 Å². The van der Waals surface area contributed by atoms with Crippen LogP contribution < -0.4 is 4.83 Å². The number of hydrazone groups is 1. The summed E-state index contributed by atoms with van der Waals surface area (Å²) in [6.45, 7) is 8.41. The molecule has 0 saturated carbocycles. The molecule has 0 radical (unpaired) electrons. The molecule has 4 nitrogen and oxygen atoms in total. The molecule has 0 atom stereocenters. The lowest BCUT2D eigenvalue weighted by Gasteiger charge is -2.19. The predicted molar refractivity (Wildman–Crippen MR) is 98.7 cm³/mol. The van der Waals surface area contributed by atoms with Crippen molar-refractivity contribution in [1.82, 2.24) is 4.83 Å². The molecule has 0 spiro atoms. The standard InChI is InChI=1S/C19H24N2O2S/c1-15-9-11-18(12-10-15)24(22,23)21-20-14-17-8-6-5-7-16(17)13-19(2,3)4/h5-12,14,21H,13H2,1-4H3/b20-14+. The minimum atomic E-state index is -3.64. The van der Waals surface area contributed by atoms with E-state index in [0.29, 0.717) is 0 Å². The van der Waals surface area contributed by atoms with Crippen molar-refractivity contribution in [2.45, 2.75) is 39.0 Å². The van der Waals surface area contributed by atoms with Crippen molar-refractivity contribution < 1.29 is 8.42 Å². The van der Waals surface area contributed by atoms with Crippen LogP contribution in [0, 0.1) is 12.3 Å². The maximum Gasteiger partial charge on any atom is 0.276 e. The highest BCUT2D eigenvalue weighted by molar-refractivity contribution is 7.89. The van der Waals surface area contributed by atoms with Gasteiger partial charge in [0.2, 0.25) is 0 Å². The molecule has 2 aromatic carbocycles. The number of aryl methyl sites for hydroxylation is 1. The van der Waals surface area contributed by atoms with Crippen LogP contribution in [0.2, 0.25) is 0 Å². The minimum Gasteiger partial charge on any atom is -0.200 e. The lowest BCUT2D eigenvalue weighted by atomic mass is 9.86. The SMILES string of the molecule is Cc1ccc(S(=O)(=O)N/N=C/c2ccccc2CC(C)(C)C)cc1. The van der Waals surface area contributed by atoms with Crippen molar-refractivity contribution >= 4 is 16.2 Å². The van der Waals surface area contributed by atoms with Crippen LogP contribution in [0.5, 0.6) is 0 Å². The van der Waals surface area contributed by atoms with E-state index < -0.39 is 10.0 Å². The summed E-state index contributed by atoms with van der Waals surface area (Å²) >= 11 is 0. The van der Waals surface area contributed by atoms with Crippen molar-refractivity contribution in [3.8, 4) is 0 Å². The Labute approximate surface area is 144 Å². The molecule has 0 bridgehead atoms. The molecule has 5 heteroatoms. The van der Waals surface area contributed by atoms with Gasteiger partial charge in [0.1, 0.15) is 0 Å². The van der Waals surface area contributed by atoms with Gasteiger partial charge in [-0.05, 0) is 42.0 Å². The van der Waals surface area contributed by atoms with E-state index in [1.807, 2.05) is 31.2 Å². The maximum absolute atomic E-state index is 12.2. The smallest absolute Gasteiger partial charge is 0.200 e. The van der Waals surface area contributed by atoms with E-state index in [9.17, 15) is 8.42 Å². The first-order chi connectivity index (χ1) is 11.2. The van der Waals surface area contributed by atoms with E-state index in [-0.39, 0.29) is 10.3 Å². The molecule has 0 amide bonds. The Balaban J connectivity index is 2.16. The summed E-state index contributed by atoms with van der Waals surface area (Å²) in [4.78, 5) is 2.48. The zero-order valence-corrected chi connectivity index (χ0v) is 15.4. The second-order valence-electron chi connectivity index (χ2n) is 7.10.